The van der Waals surface area contributed by atoms with Crippen LogP contribution in [0.4, 0.5) is 0 Å². The van der Waals surface area contributed by atoms with E-state index in [1.165, 1.54) is 25.7 Å². The lowest BCUT2D eigenvalue weighted by atomic mass is 9.86. The monoisotopic (exact) mass is 290 g/mol. The molecule has 1 aliphatic rings. The summed E-state index contributed by atoms with van der Waals surface area (Å²) in [5, 5.41) is 12.8. The van der Waals surface area contributed by atoms with E-state index < -0.39 is 11.5 Å². The van der Waals surface area contributed by atoms with Crippen molar-refractivity contribution in [3.8, 4) is 0 Å². The molecule has 21 heavy (non-hydrogen) atoms. The predicted molar refractivity (Wildman–Crippen MR) is 84.3 cm³/mol. The Morgan fingerprint density at radius 2 is 1.81 bits per heavy atom. The van der Waals surface area contributed by atoms with Gasteiger partial charge >= 0.3 is 5.97 Å². The van der Waals surface area contributed by atoms with Gasteiger partial charge in [0.2, 0.25) is 0 Å². The first-order valence-electron chi connectivity index (χ1n) is 7.89. The summed E-state index contributed by atoms with van der Waals surface area (Å²) in [5.41, 5.74) is -0.164. The van der Waals surface area contributed by atoms with Crippen molar-refractivity contribution in [2.45, 2.75) is 37.6 Å². The van der Waals surface area contributed by atoms with Gasteiger partial charge in [-0.2, -0.15) is 0 Å². The van der Waals surface area contributed by atoms with Crippen molar-refractivity contribution in [3.05, 3.63) is 35.9 Å². The molecule has 2 rings (SSSR count). The highest BCUT2D eigenvalue weighted by atomic mass is 16.4. The van der Waals surface area contributed by atoms with Gasteiger partial charge in [-0.1, -0.05) is 43.2 Å². The second-order valence-corrected chi connectivity index (χ2v) is 5.83. The number of carboxylic acid groups (broad SMARTS) is 1. The number of nitrogens with one attached hydrogen (secondary N) is 1. The minimum atomic E-state index is -0.992. The molecule has 2 N–H and O–H groups in total. The van der Waals surface area contributed by atoms with Gasteiger partial charge in [0, 0.05) is 6.54 Å². The lowest BCUT2D eigenvalue weighted by Crippen LogP contribution is -2.49. The smallest absolute Gasteiger partial charge is 0.328 e. The Kier molecular flexibility index (Phi) is 5.76. The molecule has 4 nitrogen and oxygen atoms in total. The van der Waals surface area contributed by atoms with Crippen molar-refractivity contribution in [1.82, 2.24) is 10.2 Å². The van der Waals surface area contributed by atoms with Gasteiger partial charge in [0.25, 0.3) is 0 Å². The number of carbonyl (C=O) groups is 1. The van der Waals surface area contributed by atoms with Crippen molar-refractivity contribution in [2.75, 3.05) is 26.7 Å². The van der Waals surface area contributed by atoms with E-state index in [4.69, 9.17) is 0 Å². The summed E-state index contributed by atoms with van der Waals surface area (Å²) >= 11 is 0. The Morgan fingerprint density at radius 1 is 1.19 bits per heavy atom. The van der Waals surface area contributed by atoms with Gasteiger partial charge in [-0.25, -0.2) is 4.79 Å². The van der Waals surface area contributed by atoms with Gasteiger partial charge < -0.3 is 15.3 Å². The second kappa shape index (κ2) is 7.57. The quantitative estimate of drug-likeness (QED) is 0.845. The zero-order valence-corrected chi connectivity index (χ0v) is 12.8. The van der Waals surface area contributed by atoms with Crippen LogP contribution < -0.4 is 5.32 Å². The summed E-state index contributed by atoms with van der Waals surface area (Å²) in [6, 6.07) is 9.51. The molecule has 1 aromatic carbocycles. The summed E-state index contributed by atoms with van der Waals surface area (Å²) in [6.07, 6.45) is 5.63. The molecule has 1 heterocycles. The maximum Gasteiger partial charge on any atom is 0.328 e. The number of benzene rings is 1. The average molecular weight is 290 g/mol. The van der Waals surface area contributed by atoms with Crippen LogP contribution in [0.1, 0.15) is 37.7 Å². The summed E-state index contributed by atoms with van der Waals surface area (Å²) in [5.74, 6) is -0.800. The topological polar surface area (TPSA) is 52.6 Å². The summed E-state index contributed by atoms with van der Waals surface area (Å²) < 4.78 is 0. The van der Waals surface area contributed by atoms with Crippen LogP contribution in [-0.4, -0.2) is 42.7 Å². The highest BCUT2D eigenvalue weighted by Crippen LogP contribution is 2.26. The fourth-order valence-corrected chi connectivity index (χ4v) is 3.16. The van der Waals surface area contributed by atoms with Crippen molar-refractivity contribution >= 4 is 5.97 Å². The maximum absolute atomic E-state index is 11.9. The van der Waals surface area contributed by atoms with E-state index in [9.17, 15) is 9.90 Å². The van der Waals surface area contributed by atoms with Crippen LogP contribution in [0.5, 0.6) is 0 Å². The van der Waals surface area contributed by atoms with Crippen molar-refractivity contribution in [3.63, 3.8) is 0 Å². The third-order valence-electron chi connectivity index (χ3n) is 4.56. The number of carboxylic acids is 1. The lowest BCUT2D eigenvalue weighted by Gasteiger charge is -2.32. The molecule has 1 aromatic rings. The molecule has 0 bridgehead atoms. The zero-order valence-electron chi connectivity index (χ0n) is 12.8. The molecule has 0 spiro atoms. The largest absolute Gasteiger partial charge is 0.480 e. The number of likely N-dealkylation sites (tertiary alicyclic amines) is 1. The third kappa shape index (κ3) is 3.83. The average Bonchev–Trinajstić information content (AvgIpc) is 2.78. The molecule has 0 aromatic heterocycles. The van der Waals surface area contributed by atoms with E-state index in [2.05, 4.69) is 10.2 Å². The van der Waals surface area contributed by atoms with Crippen molar-refractivity contribution in [2.24, 2.45) is 0 Å². The fourth-order valence-electron chi connectivity index (χ4n) is 3.16. The van der Waals surface area contributed by atoms with Gasteiger partial charge in [-0.05, 0) is 45.0 Å². The molecule has 0 saturated carbocycles. The summed E-state index contributed by atoms with van der Waals surface area (Å²) in [7, 11) is 1.74. The molecule has 1 unspecified atom stereocenters. The fraction of sp³-hybridized carbons (Fsp3) is 0.588. The number of aliphatic carboxylic acids is 1. The van der Waals surface area contributed by atoms with Crippen LogP contribution in [0.15, 0.2) is 30.3 Å². The molecular formula is C17H26N2O2. The van der Waals surface area contributed by atoms with Gasteiger partial charge in [0.05, 0.1) is 0 Å². The highest BCUT2D eigenvalue weighted by Gasteiger charge is 2.38. The Labute approximate surface area is 127 Å². The van der Waals surface area contributed by atoms with Gasteiger partial charge in [-0.3, -0.25) is 0 Å². The molecule has 0 radical (unpaired) electrons. The molecule has 116 valence electrons. The second-order valence-electron chi connectivity index (χ2n) is 5.83. The van der Waals surface area contributed by atoms with E-state index in [0.29, 0.717) is 6.42 Å². The molecule has 0 aliphatic carbocycles. The van der Waals surface area contributed by atoms with Gasteiger partial charge in [0.1, 0.15) is 5.54 Å². The minimum absolute atomic E-state index is 0.586. The highest BCUT2D eigenvalue weighted by molar-refractivity contribution is 5.80. The van der Waals surface area contributed by atoms with Crippen LogP contribution >= 0.6 is 0 Å². The number of rotatable bonds is 6. The Bertz CT molecular complexity index is 441. The third-order valence-corrected chi connectivity index (χ3v) is 4.56. The van der Waals surface area contributed by atoms with Gasteiger partial charge in [-0.15, -0.1) is 0 Å². The number of hydrogen-bond acceptors (Lipinski definition) is 3. The van der Waals surface area contributed by atoms with E-state index in [0.717, 1.165) is 25.2 Å². The Hall–Kier alpha value is -1.39. The van der Waals surface area contributed by atoms with Crippen LogP contribution in [0.25, 0.3) is 0 Å². The van der Waals surface area contributed by atoms with Crippen molar-refractivity contribution in [1.29, 1.82) is 0 Å². The first kappa shape index (κ1) is 16.0. The summed E-state index contributed by atoms with van der Waals surface area (Å²) in [6.45, 7) is 3.00. The molecule has 4 heteroatoms. The van der Waals surface area contributed by atoms with E-state index in [1.54, 1.807) is 7.05 Å². The molecule has 1 saturated heterocycles. The standard InChI is InChI=1S/C17H26N2O2/c1-18-17(16(20)21,15-9-5-4-6-10-15)11-14-19-12-7-2-3-8-13-19/h4-6,9-10,18H,2-3,7-8,11-14H2,1H3,(H,20,21). The molecular weight excluding hydrogens is 264 g/mol. The SMILES string of the molecule is CNC(CCN1CCCCCC1)(C(=O)O)c1ccccc1. The Morgan fingerprint density at radius 3 is 2.33 bits per heavy atom. The van der Waals surface area contributed by atoms with Gasteiger partial charge in [0.15, 0.2) is 0 Å². The first-order chi connectivity index (χ1) is 10.2. The number of nitrogens with zero attached hydrogens (tertiary/aromatic N) is 1. The Balaban J connectivity index is 2.11. The van der Waals surface area contributed by atoms with Crippen LogP contribution in [0.2, 0.25) is 0 Å². The number of likely N-dealkylation sites (N-methyl/N-ethyl adjacent to an activating group) is 1. The minimum Gasteiger partial charge on any atom is -0.480 e. The molecule has 1 fully saturated rings. The zero-order chi connectivity index (χ0) is 15.1. The maximum atomic E-state index is 11.9. The summed E-state index contributed by atoms with van der Waals surface area (Å²) in [4.78, 5) is 14.3. The molecule has 1 atom stereocenters. The normalized spacial score (nSPS) is 19.7. The lowest BCUT2D eigenvalue weighted by molar-refractivity contribution is -0.145. The van der Waals surface area contributed by atoms with Crippen LogP contribution in [0, 0.1) is 0 Å². The molecule has 1 aliphatic heterocycles. The van der Waals surface area contributed by atoms with Crippen molar-refractivity contribution < 1.29 is 9.90 Å². The number of hydrogen-bond donors (Lipinski definition) is 2. The van der Waals surface area contributed by atoms with E-state index in [1.807, 2.05) is 30.3 Å². The molecule has 0 amide bonds. The van der Waals surface area contributed by atoms with Crippen LogP contribution in [-0.2, 0) is 10.3 Å². The van der Waals surface area contributed by atoms with E-state index in [-0.39, 0.29) is 0 Å². The van der Waals surface area contributed by atoms with Crippen LogP contribution in [0.3, 0.4) is 0 Å². The van der Waals surface area contributed by atoms with E-state index >= 15 is 0 Å². The predicted octanol–water partition coefficient (Wildman–Crippen LogP) is 2.45. The first-order valence-corrected chi connectivity index (χ1v) is 7.89.